The summed E-state index contributed by atoms with van der Waals surface area (Å²) in [7, 11) is 0. The number of anilines is 1. The lowest BCUT2D eigenvalue weighted by atomic mass is 10.0. The molecule has 0 unspecified atom stereocenters. The number of aryl methyl sites for hydroxylation is 1. The largest absolute Gasteiger partial charge is 0.371 e. The van der Waals surface area contributed by atoms with Gasteiger partial charge in [-0.15, -0.1) is 0 Å². The lowest BCUT2D eigenvalue weighted by Gasteiger charge is -2.31. The van der Waals surface area contributed by atoms with Crippen molar-refractivity contribution in [2.45, 2.75) is 25.7 Å². The van der Waals surface area contributed by atoms with Gasteiger partial charge in [0.1, 0.15) is 0 Å². The molecule has 0 aromatic heterocycles. The molecule has 1 aromatic rings. The van der Waals surface area contributed by atoms with Crippen LogP contribution in [0.15, 0.2) is 24.3 Å². The van der Waals surface area contributed by atoms with Gasteiger partial charge in [0.2, 0.25) is 5.91 Å². The normalized spacial score (nSPS) is 14.3. The molecule has 0 aliphatic carbocycles. The van der Waals surface area contributed by atoms with E-state index in [1.165, 1.54) is 17.7 Å². The third-order valence-corrected chi connectivity index (χ3v) is 3.20. The Morgan fingerprint density at radius 2 is 2.24 bits per heavy atom. The van der Waals surface area contributed by atoms with Gasteiger partial charge in [0.05, 0.1) is 0 Å². The molecule has 92 valence electrons. The number of fused-ring (bicyclic) bond motifs is 1. The third-order valence-electron chi connectivity index (χ3n) is 3.20. The number of carbonyl (C=O) groups excluding carboxylic acids is 1. The first-order chi connectivity index (χ1) is 8.31. The number of nitrogens with zero attached hydrogens (tertiary/aromatic N) is 1. The number of nitrogens with one attached hydrogen (secondary N) is 1. The Hall–Kier alpha value is -1.55. The molecule has 0 fully saturated rings. The van der Waals surface area contributed by atoms with E-state index in [9.17, 15) is 4.79 Å². The van der Waals surface area contributed by atoms with Crippen molar-refractivity contribution in [2.75, 3.05) is 18.0 Å². The zero-order chi connectivity index (χ0) is 12.1. The highest BCUT2D eigenvalue weighted by molar-refractivity contribution is 5.75. The van der Waals surface area contributed by atoms with Crippen LogP contribution >= 0.6 is 0 Å². The lowest BCUT2D eigenvalue weighted by Crippen LogP contribution is -2.33. The molecule has 1 aromatic carbocycles. The number of benzene rings is 1. The Labute approximate surface area is 102 Å². The predicted octanol–water partition coefficient (Wildman–Crippen LogP) is 1.21. The van der Waals surface area contributed by atoms with Crippen LogP contribution in [0.4, 0.5) is 5.69 Å². The van der Waals surface area contributed by atoms with Crippen LogP contribution in [0.25, 0.3) is 0 Å². The summed E-state index contributed by atoms with van der Waals surface area (Å²) in [5.41, 5.74) is 4.91. The Morgan fingerprint density at radius 3 is 3.06 bits per heavy atom. The minimum atomic E-state index is -0.0877. The number of hydrazine groups is 1. The first-order valence-corrected chi connectivity index (χ1v) is 6.13. The van der Waals surface area contributed by atoms with Crippen molar-refractivity contribution in [2.24, 2.45) is 5.84 Å². The van der Waals surface area contributed by atoms with Crippen molar-refractivity contribution in [1.29, 1.82) is 0 Å². The molecule has 1 aliphatic heterocycles. The number of amides is 1. The lowest BCUT2D eigenvalue weighted by molar-refractivity contribution is -0.121. The van der Waals surface area contributed by atoms with E-state index in [-0.39, 0.29) is 5.91 Å². The van der Waals surface area contributed by atoms with Crippen LogP contribution < -0.4 is 16.2 Å². The van der Waals surface area contributed by atoms with Gasteiger partial charge in [0.25, 0.3) is 0 Å². The second kappa shape index (κ2) is 5.68. The van der Waals surface area contributed by atoms with Crippen LogP contribution in [-0.2, 0) is 11.2 Å². The van der Waals surface area contributed by atoms with Gasteiger partial charge in [-0.25, -0.2) is 5.84 Å². The van der Waals surface area contributed by atoms with Gasteiger partial charge >= 0.3 is 0 Å². The molecule has 3 N–H and O–H groups in total. The third kappa shape index (κ3) is 2.97. The summed E-state index contributed by atoms with van der Waals surface area (Å²) >= 11 is 0. The predicted molar refractivity (Wildman–Crippen MR) is 68.5 cm³/mol. The van der Waals surface area contributed by atoms with Gasteiger partial charge in [0.15, 0.2) is 0 Å². The first-order valence-electron chi connectivity index (χ1n) is 6.13. The maximum Gasteiger partial charge on any atom is 0.233 e. The number of carbonyl (C=O) groups is 1. The second-order valence-electron chi connectivity index (χ2n) is 4.39. The molecular formula is C13H19N3O. The summed E-state index contributed by atoms with van der Waals surface area (Å²) in [5.74, 6) is 4.97. The molecule has 1 aliphatic rings. The van der Waals surface area contributed by atoms with E-state index in [0.717, 1.165) is 25.9 Å². The van der Waals surface area contributed by atoms with Gasteiger partial charge in [-0.1, -0.05) is 18.2 Å². The number of hydrogen-bond donors (Lipinski definition) is 2. The number of hydrogen-bond acceptors (Lipinski definition) is 3. The Balaban J connectivity index is 1.92. The fourth-order valence-electron chi connectivity index (χ4n) is 2.35. The van der Waals surface area contributed by atoms with E-state index in [1.54, 1.807) is 0 Å². The summed E-state index contributed by atoms with van der Waals surface area (Å²) in [6, 6.07) is 8.51. The molecular weight excluding hydrogens is 214 g/mol. The average Bonchev–Trinajstić information content (AvgIpc) is 2.39. The highest BCUT2D eigenvalue weighted by Crippen LogP contribution is 2.26. The average molecular weight is 233 g/mol. The Kier molecular flexibility index (Phi) is 3.98. The molecule has 0 bridgehead atoms. The van der Waals surface area contributed by atoms with Crippen molar-refractivity contribution in [3.8, 4) is 0 Å². The molecule has 0 spiro atoms. The number of rotatable bonds is 4. The monoisotopic (exact) mass is 233 g/mol. The minimum Gasteiger partial charge on any atom is -0.371 e. The SMILES string of the molecule is NNC(=O)CCCN1CCCc2ccccc21. The van der Waals surface area contributed by atoms with Gasteiger partial charge < -0.3 is 4.90 Å². The molecule has 1 amide bonds. The summed E-state index contributed by atoms with van der Waals surface area (Å²) in [6.45, 7) is 2.01. The van der Waals surface area contributed by atoms with E-state index in [4.69, 9.17) is 5.84 Å². The zero-order valence-electron chi connectivity index (χ0n) is 9.98. The van der Waals surface area contributed by atoms with Crippen molar-refractivity contribution in [1.82, 2.24) is 5.43 Å². The molecule has 17 heavy (non-hydrogen) atoms. The van der Waals surface area contributed by atoms with Crippen LogP contribution in [0, 0.1) is 0 Å². The van der Waals surface area contributed by atoms with Gasteiger partial charge in [-0.2, -0.15) is 0 Å². The van der Waals surface area contributed by atoms with Crippen LogP contribution in [0.3, 0.4) is 0 Å². The molecule has 1 heterocycles. The van der Waals surface area contributed by atoms with E-state index in [2.05, 4.69) is 34.6 Å². The Bertz CT molecular complexity index is 392. The van der Waals surface area contributed by atoms with Crippen LogP contribution in [0.1, 0.15) is 24.8 Å². The second-order valence-corrected chi connectivity index (χ2v) is 4.39. The maximum atomic E-state index is 11.0. The maximum absolute atomic E-state index is 11.0. The van der Waals surface area contributed by atoms with Crippen LogP contribution in [-0.4, -0.2) is 19.0 Å². The van der Waals surface area contributed by atoms with Crippen LogP contribution in [0.2, 0.25) is 0 Å². The van der Waals surface area contributed by atoms with E-state index >= 15 is 0 Å². The number of para-hydroxylation sites is 1. The first kappa shape index (κ1) is 11.9. The van der Waals surface area contributed by atoms with Crippen molar-refractivity contribution >= 4 is 11.6 Å². The van der Waals surface area contributed by atoms with Crippen molar-refractivity contribution in [3.63, 3.8) is 0 Å². The summed E-state index contributed by atoms with van der Waals surface area (Å²) in [5, 5.41) is 0. The smallest absolute Gasteiger partial charge is 0.233 e. The molecule has 0 saturated carbocycles. The summed E-state index contributed by atoms with van der Waals surface area (Å²) in [4.78, 5) is 13.4. The highest BCUT2D eigenvalue weighted by Gasteiger charge is 2.15. The van der Waals surface area contributed by atoms with E-state index in [0.29, 0.717) is 6.42 Å². The number of nitrogens with two attached hydrogens (primary N) is 1. The van der Waals surface area contributed by atoms with Gasteiger partial charge in [-0.05, 0) is 30.9 Å². The van der Waals surface area contributed by atoms with Crippen molar-refractivity contribution in [3.05, 3.63) is 29.8 Å². The molecule has 0 saturated heterocycles. The van der Waals surface area contributed by atoms with E-state index in [1.807, 2.05) is 0 Å². The Morgan fingerprint density at radius 1 is 1.41 bits per heavy atom. The van der Waals surface area contributed by atoms with Gasteiger partial charge in [-0.3, -0.25) is 10.2 Å². The fraction of sp³-hybridized carbons (Fsp3) is 0.462. The topological polar surface area (TPSA) is 58.4 Å². The zero-order valence-corrected chi connectivity index (χ0v) is 9.98. The molecule has 2 rings (SSSR count). The highest BCUT2D eigenvalue weighted by atomic mass is 16.2. The standard InChI is InChI=1S/C13H19N3O/c14-15-13(17)8-4-10-16-9-3-6-11-5-1-2-7-12(11)16/h1-2,5,7H,3-4,6,8-10,14H2,(H,15,17). The minimum absolute atomic E-state index is 0.0877. The summed E-state index contributed by atoms with van der Waals surface area (Å²) in [6.07, 6.45) is 3.70. The molecule has 0 radical (unpaired) electrons. The quantitative estimate of drug-likeness (QED) is 0.467. The van der Waals surface area contributed by atoms with E-state index < -0.39 is 0 Å². The van der Waals surface area contributed by atoms with Crippen LogP contribution in [0.5, 0.6) is 0 Å². The summed E-state index contributed by atoms with van der Waals surface area (Å²) < 4.78 is 0. The van der Waals surface area contributed by atoms with Gasteiger partial charge in [0, 0.05) is 25.2 Å². The fourth-order valence-corrected chi connectivity index (χ4v) is 2.35. The molecule has 4 heteroatoms. The molecule has 4 nitrogen and oxygen atoms in total. The van der Waals surface area contributed by atoms with Crippen molar-refractivity contribution < 1.29 is 4.79 Å². The molecule has 0 atom stereocenters.